The Morgan fingerprint density at radius 3 is 2.53 bits per heavy atom. The van der Waals surface area contributed by atoms with E-state index in [1.54, 1.807) is 6.20 Å². The van der Waals surface area contributed by atoms with Crippen LogP contribution in [0.3, 0.4) is 0 Å². The van der Waals surface area contributed by atoms with Gasteiger partial charge in [0.2, 0.25) is 5.95 Å². The second-order valence-corrected chi connectivity index (χ2v) is 11.9. The molecular formula is C26H39N5O3. The molecule has 2 heterocycles. The van der Waals surface area contributed by atoms with E-state index in [0.29, 0.717) is 35.2 Å². The summed E-state index contributed by atoms with van der Waals surface area (Å²) in [4.78, 5) is 25.1. The van der Waals surface area contributed by atoms with E-state index >= 15 is 0 Å². The fourth-order valence-electron chi connectivity index (χ4n) is 7.56. The van der Waals surface area contributed by atoms with Gasteiger partial charge >= 0.3 is 0 Å². The molecule has 5 aliphatic carbocycles. The molecule has 6 aliphatic rings. The van der Waals surface area contributed by atoms with Crippen LogP contribution in [-0.4, -0.2) is 75.9 Å². The molecular weight excluding hydrogens is 430 g/mol. The highest BCUT2D eigenvalue weighted by Crippen LogP contribution is 2.55. The number of ether oxygens (including phenoxy) is 1. The number of rotatable bonds is 7. The molecule has 7 rings (SSSR count). The lowest BCUT2D eigenvalue weighted by atomic mass is 9.52. The molecule has 6 fully saturated rings. The molecule has 4 atom stereocenters. The zero-order valence-corrected chi connectivity index (χ0v) is 20.5. The first kappa shape index (κ1) is 22.7. The van der Waals surface area contributed by atoms with Crippen LogP contribution in [0.5, 0.6) is 0 Å². The molecule has 3 N–H and O–H groups in total. The average Bonchev–Trinajstić information content (AvgIpc) is 3.60. The summed E-state index contributed by atoms with van der Waals surface area (Å²) in [5.74, 6) is 2.38. The number of hydrogen-bond donors (Lipinski definition) is 3. The van der Waals surface area contributed by atoms with Crippen molar-refractivity contribution in [3.63, 3.8) is 0 Å². The van der Waals surface area contributed by atoms with Crippen molar-refractivity contribution in [2.75, 3.05) is 31.5 Å². The minimum atomic E-state index is -0.482. The molecule has 1 saturated heterocycles. The molecule has 34 heavy (non-hydrogen) atoms. The molecule has 0 spiro atoms. The van der Waals surface area contributed by atoms with Crippen LogP contribution in [0.4, 0.5) is 5.95 Å². The maximum Gasteiger partial charge on any atom is 0.254 e. The first-order valence-corrected chi connectivity index (χ1v) is 13.4. The van der Waals surface area contributed by atoms with Crippen LogP contribution >= 0.6 is 0 Å². The van der Waals surface area contributed by atoms with E-state index in [9.17, 15) is 9.90 Å². The lowest BCUT2D eigenvalue weighted by Gasteiger charge is -2.58. The third-order valence-electron chi connectivity index (χ3n) is 8.77. The lowest BCUT2D eigenvalue weighted by molar-refractivity contribution is -0.136. The van der Waals surface area contributed by atoms with Gasteiger partial charge in [-0.3, -0.25) is 9.69 Å². The topological polar surface area (TPSA) is 99.6 Å². The number of carbonyl (C=O) groups is 1. The molecule has 0 radical (unpaired) electrons. The molecule has 8 heteroatoms. The van der Waals surface area contributed by atoms with Crippen molar-refractivity contribution < 1.29 is 14.6 Å². The maximum absolute atomic E-state index is 13.4. The zero-order valence-electron chi connectivity index (χ0n) is 20.5. The van der Waals surface area contributed by atoms with Crippen LogP contribution in [0, 0.1) is 17.8 Å². The van der Waals surface area contributed by atoms with Crippen LogP contribution in [-0.2, 0) is 4.74 Å². The smallest absolute Gasteiger partial charge is 0.254 e. The summed E-state index contributed by atoms with van der Waals surface area (Å²) in [5, 5.41) is 17.6. The fraction of sp³-hybridized carbons (Fsp3) is 0.808. The third kappa shape index (κ3) is 4.56. The van der Waals surface area contributed by atoms with Crippen LogP contribution in [0.25, 0.3) is 0 Å². The highest BCUT2D eigenvalue weighted by molar-refractivity contribution is 5.95. The molecule has 5 saturated carbocycles. The Labute approximate surface area is 202 Å². The van der Waals surface area contributed by atoms with Crippen molar-refractivity contribution in [1.82, 2.24) is 20.2 Å². The predicted octanol–water partition coefficient (Wildman–Crippen LogP) is 2.54. The summed E-state index contributed by atoms with van der Waals surface area (Å²) in [6.07, 6.45) is 9.32. The summed E-state index contributed by atoms with van der Waals surface area (Å²) < 4.78 is 5.82. The van der Waals surface area contributed by atoms with Gasteiger partial charge < -0.3 is 20.5 Å². The standard InChI is InChI=1S/C26H39N5O3/c1-15-13-31(14-16(2)34-15)6-5-27-25-28-12-21(23(30-25)18-3-4-18)24(32)29-22-19-7-17-8-20(22)11-26(33,9-17)10-19/h12,15-20,22,33H,3-11,13-14H2,1-2H3,(H,29,32)(H,27,28,30). The van der Waals surface area contributed by atoms with Gasteiger partial charge in [-0.2, -0.15) is 0 Å². The van der Waals surface area contributed by atoms with Crippen LogP contribution < -0.4 is 10.6 Å². The van der Waals surface area contributed by atoms with Gasteiger partial charge in [0, 0.05) is 44.3 Å². The van der Waals surface area contributed by atoms with Gasteiger partial charge in [0.1, 0.15) is 0 Å². The van der Waals surface area contributed by atoms with Crippen molar-refractivity contribution in [1.29, 1.82) is 0 Å². The Hall–Kier alpha value is -1.77. The predicted molar refractivity (Wildman–Crippen MR) is 129 cm³/mol. The molecule has 1 aromatic heterocycles. The van der Waals surface area contributed by atoms with E-state index in [2.05, 4.69) is 34.4 Å². The number of amides is 1. The SMILES string of the molecule is CC1CN(CCNc2ncc(C(=O)NC3C4CC5CC3CC(O)(C5)C4)c(C3CC3)n2)CC(C)O1. The van der Waals surface area contributed by atoms with Gasteiger partial charge in [-0.1, -0.05) is 0 Å². The number of hydrogen-bond acceptors (Lipinski definition) is 7. The number of aliphatic hydroxyl groups is 1. The molecule has 0 aromatic carbocycles. The van der Waals surface area contributed by atoms with E-state index in [1.807, 2.05) is 0 Å². The molecule has 1 aromatic rings. The fourth-order valence-corrected chi connectivity index (χ4v) is 7.56. The van der Waals surface area contributed by atoms with Gasteiger partial charge in [-0.25, -0.2) is 9.97 Å². The minimum Gasteiger partial charge on any atom is -0.390 e. The van der Waals surface area contributed by atoms with Gasteiger partial charge in [0.25, 0.3) is 5.91 Å². The summed E-state index contributed by atoms with van der Waals surface area (Å²) in [6, 6.07) is 0.174. The molecule has 186 valence electrons. The van der Waals surface area contributed by atoms with E-state index in [-0.39, 0.29) is 24.2 Å². The van der Waals surface area contributed by atoms with Crippen molar-refractivity contribution in [3.8, 4) is 0 Å². The lowest BCUT2D eigenvalue weighted by Crippen LogP contribution is -2.61. The molecule has 1 amide bonds. The second-order valence-electron chi connectivity index (χ2n) is 11.9. The molecule has 4 unspecified atom stereocenters. The van der Waals surface area contributed by atoms with E-state index in [0.717, 1.165) is 76.8 Å². The normalized spacial score (nSPS) is 39.3. The number of nitrogens with one attached hydrogen (secondary N) is 2. The molecule has 8 nitrogen and oxygen atoms in total. The van der Waals surface area contributed by atoms with Crippen LogP contribution in [0.1, 0.15) is 80.8 Å². The highest BCUT2D eigenvalue weighted by Gasteiger charge is 2.55. The van der Waals surface area contributed by atoms with Gasteiger partial charge in [-0.15, -0.1) is 0 Å². The van der Waals surface area contributed by atoms with E-state index in [1.165, 1.54) is 0 Å². The summed E-state index contributed by atoms with van der Waals surface area (Å²) in [6.45, 7) is 7.82. The highest BCUT2D eigenvalue weighted by atomic mass is 16.5. The first-order valence-electron chi connectivity index (χ1n) is 13.4. The number of nitrogens with zero attached hydrogens (tertiary/aromatic N) is 3. The number of aromatic nitrogens is 2. The summed E-state index contributed by atoms with van der Waals surface area (Å²) >= 11 is 0. The Morgan fingerprint density at radius 2 is 1.88 bits per heavy atom. The monoisotopic (exact) mass is 469 g/mol. The van der Waals surface area contributed by atoms with Crippen molar-refractivity contribution in [2.24, 2.45) is 17.8 Å². The van der Waals surface area contributed by atoms with Crippen molar-refractivity contribution >= 4 is 11.9 Å². The Balaban J connectivity index is 1.09. The summed E-state index contributed by atoms with van der Waals surface area (Å²) in [5.41, 5.74) is 1.05. The van der Waals surface area contributed by atoms with Gasteiger partial charge in [0.05, 0.1) is 29.1 Å². The maximum atomic E-state index is 13.4. The largest absolute Gasteiger partial charge is 0.390 e. The van der Waals surface area contributed by atoms with Gasteiger partial charge in [-0.05, 0) is 76.5 Å². The van der Waals surface area contributed by atoms with Crippen molar-refractivity contribution in [2.45, 2.75) is 88.6 Å². The Bertz CT molecular complexity index is 911. The quantitative estimate of drug-likeness (QED) is 0.564. The molecule has 1 aliphatic heterocycles. The summed E-state index contributed by atoms with van der Waals surface area (Å²) in [7, 11) is 0. The second kappa shape index (κ2) is 8.71. The molecule has 4 bridgehead atoms. The van der Waals surface area contributed by atoms with Crippen molar-refractivity contribution in [3.05, 3.63) is 17.5 Å². The number of anilines is 1. The number of carbonyl (C=O) groups excluding carboxylic acids is 1. The first-order chi connectivity index (χ1) is 16.3. The average molecular weight is 470 g/mol. The Morgan fingerprint density at radius 1 is 1.18 bits per heavy atom. The van der Waals surface area contributed by atoms with E-state index in [4.69, 9.17) is 9.72 Å². The van der Waals surface area contributed by atoms with Crippen LogP contribution in [0.2, 0.25) is 0 Å². The van der Waals surface area contributed by atoms with E-state index < -0.39 is 5.60 Å². The van der Waals surface area contributed by atoms with Crippen LogP contribution in [0.15, 0.2) is 6.20 Å². The number of morpholine rings is 1. The Kier molecular flexibility index (Phi) is 5.81. The minimum absolute atomic E-state index is 0.0331. The van der Waals surface area contributed by atoms with Gasteiger partial charge in [0.15, 0.2) is 0 Å². The third-order valence-corrected chi connectivity index (χ3v) is 8.77. The zero-order chi connectivity index (χ0) is 23.4.